The van der Waals surface area contributed by atoms with E-state index in [9.17, 15) is 8.42 Å². The summed E-state index contributed by atoms with van der Waals surface area (Å²) in [6, 6.07) is 1.97. The maximum Gasteiger partial charge on any atom is 0.227 e. The number of nitriles is 1. The Labute approximate surface area is 85.0 Å². The van der Waals surface area contributed by atoms with E-state index in [1.54, 1.807) is 6.07 Å². The highest BCUT2D eigenvalue weighted by Gasteiger charge is 2.31. The normalized spacial score (nSPS) is 24.0. The summed E-state index contributed by atoms with van der Waals surface area (Å²) in [5.41, 5.74) is 0. The van der Waals surface area contributed by atoms with Gasteiger partial charge in [0.15, 0.2) is 5.75 Å². The molecular weight excluding hydrogens is 202 g/mol. The van der Waals surface area contributed by atoms with Gasteiger partial charge in [-0.05, 0) is 20.5 Å². The Hall–Kier alpha value is -0.640. The van der Waals surface area contributed by atoms with Crippen molar-refractivity contribution in [2.45, 2.75) is 12.5 Å². The highest BCUT2D eigenvalue weighted by atomic mass is 32.2. The van der Waals surface area contributed by atoms with Crippen LogP contribution in [-0.2, 0) is 10.0 Å². The zero-order valence-electron chi connectivity index (χ0n) is 8.47. The summed E-state index contributed by atoms with van der Waals surface area (Å²) in [6.07, 6.45) is 0.845. The van der Waals surface area contributed by atoms with Crippen LogP contribution < -0.4 is 0 Å². The van der Waals surface area contributed by atoms with Gasteiger partial charge in [-0.15, -0.1) is 0 Å². The van der Waals surface area contributed by atoms with Crippen LogP contribution in [-0.4, -0.2) is 56.6 Å². The van der Waals surface area contributed by atoms with Gasteiger partial charge in [0.25, 0.3) is 0 Å². The molecule has 5 nitrogen and oxygen atoms in total. The maximum atomic E-state index is 11.5. The lowest BCUT2D eigenvalue weighted by atomic mass is 10.2. The fourth-order valence-electron chi connectivity index (χ4n) is 1.56. The molecule has 0 spiro atoms. The Balaban J connectivity index is 2.63. The van der Waals surface area contributed by atoms with Gasteiger partial charge in [-0.25, -0.2) is 8.42 Å². The summed E-state index contributed by atoms with van der Waals surface area (Å²) in [5.74, 6) is -0.410. The van der Waals surface area contributed by atoms with Crippen molar-refractivity contribution in [3.63, 3.8) is 0 Å². The molecule has 1 saturated heterocycles. The van der Waals surface area contributed by atoms with Gasteiger partial charge in [0.1, 0.15) is 0 Å². The van der Waals surface area contributed by atoms with E-state index >= 15 is 0 Å². The zero-order valence-corrected chi connectivity index (χ0v) is 9.29. The highest BCUT2D eigenvalue weighted by molar-refractivity contribution is 7.89. The minimum absolute atomic E-state index is 0.281. The van der Waals surface area contributed by atoms with Crippen molar-refractivity contribution in [1.29, 1.82) is 5.26 Å². The van der Waals surface area contributed by atoms with Crippen LogP contribution in [0.1, 0.15) is 6.42 Å². The maximum absolute atomic E-state index is 11.5. The number of rotatable bonds is 3. The van der Waals surface area contributed by atoms with E-state index in [1.807, 2.05) is 19.0 Å². The summed E-state index contributed by atoms with van der Waals surface area (Å²) < 4.78 is 24.4. The van der Waals surface area contributed by atoms with Gasteiger partial charge >= 0.3 is 0 Å². The second kappa shape index (κ2) is 4.26. The molecular formula is C8H15N3O2S. The van der Waals surface area contributed by atoms with Crippen molar-refractivity contribution in [2.75, 3.05) is 32.9 Å². The molecule has 0 aromatic heterocycles. The zero-order chi connectivity index (χ0) is 10.8. The summed E-state index contributed by atoms with van der Waals surface area (Å²) >= 11 is 0. The van der Waals surface area contributed by atoms with Crippen LogP contribution in [0.2, 0.25) is 0 Å². The van der Waals surface area contributed by atoms with Crippen LogP contribution >= 0.6 is 0 Å². The Morgan fingerprint density at radius 1 is 1.57 bits per heavy atom. The average Bonchev–Trinajstić information content (AvgIpc) is 2.51. The lowest BCUT2D eigenvalue weighted by Gasteiger charge is -2.19. The molecule has 1 aliphatic rings. The predicted octanol–water partition coefficient (Wildman–Crippen LogP) is -0.524. The van der Waals surface area contributed by atoms with Crippen molar-refractivity contribution in [3.8, 4) is 6.07 Å². The number of nitrogens with zero attached hydrogens (tertiary/aromatic N) is 3. The molecule has 0 aliphatic carbocycles. The topological polar surface area (TPSA) is 64.4 Å². The molecule has 0 aromatic carbocycles. The molecule has 80 valence electrons. The Morgan fingerprint density at radius 2 is 2.21 bits per heavy atom. The summed E-state index contributed by atoms with van der Waals surface area (Å²) in [7, 11) is 0.540. The Bertz CT molecular complexity index is 331. The SMILES string of the molecule is CN(C)C1CCN(S(=O)(=O)CC#N)C1. The predicted molar refractivity (Wildman–Crippen MR) is 53.1 cm³/mol. The van der Waals surface area contributed by atoms with E-state index in [-0.39, 0.29) is 6.04 Å². The second-order valence-corrected chi connectivity index (χ2v) is 5.65. The summed E-state index contributed by atoms with van der Waals surface area (Å²) in [4.78, 5) is 2.02. The van der Waals surface area contributed by atoms with Gasteiger partial charge in [-0.2, -0.15) is 9.57 Å². The number of hydrogen-bond acceptors (Lipinski definition) is 4. The first-order chi connectivity index (χ1) is 6.47. The molecule has 0 radical (unpaired) electrons. The smallest absolute Gasteiger partial charge is 0.227 e. The van der Waals surface area contributed by atoms with Gasteiger partial charge in [0, 0.05) is 19.1 Å². The largest absolute Gasteiger partial charge is 0.305 e. The first kappa shape index (κ1) is 11.4. The van der Waals surface area contributed by atoms with Crippen LogP contribution in [0.5, 0.6) is 0 Å². The van der Waals surface area contributed by atoms with Crippen LogP contribution in [0.4, 0.5) is 0 Å². The Kier molecular flexibility index (Phi) is 3.48. The Morgan fingerprint density at radius 3 is 2.64 bits per heavy atom. The molecule has 1 unspecified atom stereocenters. The van der Waals surface area contributed by atoms with E-state index < -0.39 is 15.8 Å². The molecule has 0 saturated carbocycles. The van der Waals surface area contributed by atoms with Crippen LogP contribution in [0.15, 0.2) is 0 Å². The van der Waals surface area contributed by atoms with E-state index in [0.717, 1.165) is 6.42 Å². The lowest BCUT2D eigenvalue weighted by molar-refractivity contribution is 0.302. The molecule has 6 heteroatoms. The van der Waals surface area contributed by atoms with Crippen LogP contribution in [0, 0.1) is 11.3 Å². The van der Waals surface area contributed by atoms with Crippen LogP contribution in [0.3, 0.4) is 0 Å². The third-order valence-electron chi connectivity index (χ3n) is 2.50. The van der Waals surface area contributed by atoms with Crippen molar-refractivity contribution < 1.29 is 8.42 Å². The summed E-state index contributed by atoms with van der Waals surface area (Å²) in [6.45, 7) is 1.05. The molecule has 0 amide bonds. The fourth-order valence-corrected chi connectivity index (χ4v) is 2.69. The van der Waals surface area contributed by atoms with E-state index in [1.165, 1.54) is 4.31 Å². The van der Waals surface area contributed by atoms with Gasteiger partial charge in [0.05, 0.1) is 6.07 Å². The average molecular weight is 217 g/mol. The number of likely N-dealkylation sites (N-methyl/N-ethyl adjacent to an activating group) is 1. The number of sulfonamides is 1. The van der Waals surface area contributed by atoms with Crippen molar-refractivity contribution >= 4 is 10.0 Å². The molecule has 1 rings (SSSR count). The molecule has 1 aliphatic heterocycles. The molecule has 14 heavy (non-hydrogen) atoms. The van der Waals surface area contributed by atoms with Gasteiger partial charge < -0.3 is 4.90 Å². The lowest BCUT2D eigenvalue weighted by Crippen LogP contribution is -2.35. The fraction of sp³-hybridized carbons (Fsp3) is 0.875. The third kappa shape index (κ3) is 2.44. The van der Waals surface area contributed by atoms with Gasteiger partial charge in [-0.1, -0.05) is 0 Å². The van der Waals surface area contributed by atoms with E-state index in [0.29, 0.717) is 13.1 Å². The first-order valence-electron chi connectivity index (χ1n) is 4.48. The minimum atomic E-state index is -3.33. The third-order valence-corrected chi connectivity index (χ3v) is 4.11. The van der Waals surface area contributed by atoms with E-state index in [4.69, 9.17) is 5.26 Å². The van der Waals surface area contributed by atoms with Crippen molar-refractivity contribution in [2.24, 2.45) is 0 Å². The van der Waals surface area contributed by atoms with Crippen molar-refractivity contribution in [1.82, 2.24) is 9.21 Å². The quantitative estimate of drug-likeness (QED) is 0.638. The van der Waals surface area contributed by atoms with Crippen molar-refractivity contribution in [3.05, 3.63) is 0 Å². The first-order valence-corrected chi connectivity index (χ1v) is 6.09. The monoisotopic (exact) mass is 217 g/mol. The molecule has 0 aromatic rings. The molecule has 0 bridgehead atoms. The van der Waals surface area contributed by atoms with Gasteiger partial charge in [-0.3, -0.25) is 0 Å². The second-order valence-electron chi connectivity index (χ2n) is 3.68. The molecule has 0 N–H and O–H groups in total. The molecule has 1 heterocycles. The van der Waals surface area contributed by atoms with E-state index in [2.05, 4.69) is 0 Å². The molecule has 1 atom stereocenters. The van der Waals surface area contributed by atoms with Crippen LogP contribution in [0.25, 0.3) is 0 Å². The minimum Gasteiger partial charge on any atom is -0.305 e. The van der Waals surface area contributed by atoms with Gasteiger partial charge in [0.2, 0.25) is 10.0 Å². The molecule has 1 fully saturated rings. The number of hydrogen-bond donors (Lipinski definition) is 0. The standard InChI is InChI=1S/C8H15N3O2S/c1-10(2)8-3-5-11(7-8)14(12,13)6-4-9/h8H,3,5-7H2,1-2H3. The highest BCUT2D eigenvalue weighted by Crippen LogP contribution is 2.16. The summed E-state index contributed by atoms with van der Waals surface area (Å²) in [5, 5.41) is 8.37.